The van der Waals surface area contributed by atoms with Crippen LogP contribution in [0.3, 0.4) is 0 Å². The zero-order chi connectivity index (χ0) is 18.3. The second kappa shape index (κ2) is 6.49. The topological polar surface area (TPSA) is 59.2 Å². The molecule has 1 aliphatic rings. The predicted octanol–water partition coefficient (Wildman–Crippen LogP) is 3.55. The SMILES string of the molecule is CCc1cc(N2CCCC(c3nc(C(F)(F)F)cs3)C2)n2ncnc2n1. The van der Waals surface area contributed by atoms with E-state index in [0.29, 0.717) is 17.3 Å². The molecule has 0 spiro atoms. The third-order valence-corrected chi connectivity index (χ3v) is 5.56. The lowest BCUT2D eigenvalue weighted by Crippen LogP contribution is -2.36. The van der Waals surface area contributed by atoms with Crippen molar-refractivity contribution >= 4 is 22.9 Å². The van der Waals surface area contributed by atoms with Gasteiger partial charge in [0.15, 0.2) is 5.69 Å². The van der Waals surface area contributed by atoms with Crippen molar-refractivity contribution in [2.24, 2.45) is 0 Å². The minimum atomic E-state index is -4.39. The van der Waals surface area contributed by atoms with E-state index in [1.54, 1.807) is 4.52 Å². The molecule has 4 heterocycles. The van der Waals surface area contributed by atoms with Gasteiger partial charge < -0.3 is 4.90 Å². The highest BCUT2D eigenvalue weighted by atomic mass is 32.1. The minimum Gasteiger partial charge on any atom is -0.356 e. The Morgan fingerprint density at radius 2 is 2.15 bits per heavy atom. The van der Waals surface area contributed by atoms with E-state index >= 15 is 0 Å². The summed E-state index contributed by atoms with van der Waals surface area (Å²) >= 11 is 1.09. The lowest BCUT2D eigenvalue weighted by Gasteiger charge is -2.33. The summed E-state index contributed by atoms with van der Waals surface area (Å²) < 4.78 is 40.2. The third-order valence-electron chi connectivity index (χ3n) is 4.56. The molecule has 0 aliphatic carbocycles. The number of anilines is 1. The van der Waals surface area contributed by atoms with Gasteiger partial charge in [-0.3, -0.25) is 0 Å². The quantitative estimate of drug-likeness (QED) is 0.693. The fraction of sp³-hybridized carbons (Fsp3) is 0.500. The molecule has 3 aromatic rings. The molecular weight excluding hydrogens is 365 g/mol. The molecule has 3 aromatic heterocycles. The smallest absolute Gasteiger partial charge is 0.356 e. The van der Waals surface area contributed by atoms with E-state index in [0.717, 1.165) is 54.0 Å². The van der Waals surface area contributed by atoms with E-state index in [9.17, 15) is 13.2 Å². The highest BCUT2D eigenvalue weighted by Gasteiger charge is 2.35. The monoisotopic (exact) mass is 382 g/mol. The molecule has 1 atom stereocenters. The van der Waals surface area contributed by atoms with Crippen LogP contribution in [0, 0.1) is 0 Å². The van der Waals surface area contributed by atoms with Crippen molar-refractivity contribution in [1.82, 2.24) is 24.6 Å². The summed E-state index contributed by atoms with van der Waals surface area (Å²) in [5.74, 6) is 1.39. The molecule has 0 amide bonds. The number of aryl methyl sites for hydroxylation is 1. The first-order valence-electron chi connectivity index (χ1n) is 8.43. The summed E-state index contributed by atoms with van der Waals surface area (Å²) in [6, 6.07) is 1.98. The second-order valence-corrected chi connectivity index (χ2v) is 7.17. The number of piperidine rings is 1. The molecule has 1 unspecified atom stereocenters. The minimum absolute atomic E-state index is 0.0262. The van der Waals surface area contributed by atoms with Crippen LogP contribution in [0.25, 0.3) is 5.78 Å². The van der Waals surface area contributed by atoms with Gasteiger partial charge in [0, 0.05) is 36.1 Å². The van der Waals surface area contributed by atoms with Crippen LogP contribution < -0.4 is 4.90 Å². The Labute approximate surface area is 151 Å². The molecule has 0 saturated carbocycles. The van der Waals surface area contributed by atoms with E-state index in [-0.39, 0.29) is 5.92 Å². The predicted molar refractivity (Wildman–Crippen MR) is 91.5 cm³/mol. The van der Waals surface area contributed by atoms with Gasteiger partial charge in [-0.1, -0.05) is 6.92 Å². The van der Waals surface area contributed by atoms with E-state index < -0.39 is 11.9 Å². The van der Waals surface area contributed by atoms with E-state index in [1.807, 2.05) is 13.0 Å². The summed E-state index contributed by atoms with van der Waals surface area (Å²) in [6.45, 7) is 3.44. The van der Waals surface area contributed by atoms with Crippen molar-refractivity contribution in [3.05, 3.63) is 34.2 Å². The van der Waals surface area contributed by atoms with Crippen LogP contribution in [0.2, 0.25) is 0 Å². The first-order chi connectivity index (χ1) is 12.5. The van der Waals surface area contributed by atoms with Crippen molar-refractivity contribution in [3.8, 4) is 0 Å². The van der Waals surface area contributed by atoms with E-state index in [2.05, 4.69) is 25.0 Å². The number of fused-ring (bicyclic) bond motifs is 1. The summed E-state index contributed by atoms with van der Waals surface area (Å²) in [7, 11) is 0. The normalized spacial score (nSPS) is 18.6. The average Bonchev–Trinajstić information content (AvgIpc) is 3.29. The van der Waals surface area contributed by atoms with Crippen LogP contribution in [-0.4, -0.2) is 37.7 Å². The Balaban J connectivity index is 1.63. The third kappa shape index (κ3) is 3.13. The van der Waals surface area contributed by atoms with E-state index in [4.69, 9.17) is 0 Å². The van der Waals surface area contributed by atoms with Crippen LogP contribution >= 0.6 is 11.3 Å². The van der Waals surface area contributed by atoms with Crippen LogP contribution in [-0.2, 0) is 12.6 Å². The van der Waals surface area contributed by atoms with Gasteiger partial charge in [-0.25, -0.2) is 9.97 Å². The van der Waals surface area contributed by atoms with Crippen molar-refractivity contribution < 1.29 is 13.2 Å². The zero-order valence-corrected chi connectivity index (χ0v) is 14.9. The van der Waals surface area contributed by atoms with Gasteiger partial charge in [-0.05, 0) is 19.3 Å². The van der Waals surface area contributed by atoms with Gasteiger partial charge in [-0.2, -0.15) is 27.8 Å². The first kappa shape index (κ1) is 17.2. The number of hydrogen-bond acceptors (Lipinski definition) is 6. The highest BCUT2D eigenvalue weighted by molar-refractivity contribution is 7.09. The maximum absolute atomic E-state index is 12.8. The zero-order valence-electron chi connectivity index (χ0n) is 14.1. The number of halogens is 3. The number of aromatic nitrogens is 5. The Morgan fingerprint density at radius 1 is 1.31 bits per heavy atom. The maximum atomic E-state index is 12.8. The standard InChI is InChI=1S/C16H17F3N6S/c1-2-11-6-13(25-15(22-11)20-9-21-25)24-5-3-4-10(7-24)14-23-12(8-26-14)16(17,18)19/h6,8-10H,2-5,7H2,1H3. The van der Waals surface area contributed by atoms with Crippen molar-refractivity contribution in [2.45, 2.75) is 38.3 Å². The van der Waals surface area contributed by atoms with Gasteiger partial charge in [-0.15, -0.1) is 11.3 Å². The van der Waals surface area contributed by atoms with Crippen molar-refractivity contribution in [2.75, 3.05) is 18.0 Å². The molecule has 10 heteroatoms. The second-order valence-electron chi connectivity index (χ2n) is 6.28. The molecule has 1 saturated heterocycles. The van der Waals surface area contributed by atoms with E-state index in [1.165, 1.54) is 6.33 Å². The molecule has 4 rings (SSSR count). The number of nitrogens with zero attached hydrogens (tertiary/aromatic N) is 6. The summed E-state index contributed by atoms with van der Waals surface area (Å²) in [6.07, 6.45) is -0.450. The Hall–Kier alpha value is -2.23. The number of hydrogen-bond donors (Lipinski definition) is 0. The van der Waals surface area contributed by atoms with Gasteiger partial charge in [0.1, 0.15) is 12.1 Å². The molecule has 0 aromatic carbocycles. The van der Waals surface area contributed by atoms with Gasteiger partial charge in [0.25, 0.3) is 5.78 Å². The molecule has 1 aliphatic heterocycles. The molecule has 6 nitrogen and oxygen atoms in total. The lowest BCUT2D eigenvalue weighted by molar-refractivity contribution is -0.140. The van der Waals surface area contributed by atoms with Crippen LogP contribution in [0.1, 0.15) is 42.1 Å². The van der Waals surface area contributed by atoms with Crippen molar-refractivity contribution in [1.29, 1.82) is 0 Å². The average molecular weight is 382 g/mol. The highest BCUT2D eigenvalue weighted by Crippen LogP contribution is 2.36. The fourth-order valence-corrected chi connectivity index (χ4v) is 4.20. The summed E-state index contributed by atoms with van der Waals surface area (Å²) in [4.78, 5) is 14.6. The molecule has 0 radical (unpaired) electrons. The van der Waals surface area contributed by atoms with Gasteiger partial charge in [0.05, 0.1) is 5.01 Å². The van der Waals surface area contributed by atoms with Crippen LogP contribution in [0.5, 0.6) is 0 Å². The van der Waals surface area contributed by atoms with Gasteiger partial charge >= 0.3 is 6.18 Å². The number of rotatable bonds is 3. The molecule has 26 heavy (non-hydrogen) atoms. The Kier molecular flexibility index (Phi) is 4.29. The molecule has 0 N–H and O–H groups in total. The first-order valence-corrected chi connectivity index (χ1v) is 9.31. The molecular formula is C16H17F3N6S. The molecule has 0 bridgehead atoms. The molecule has 138 valence electrons. The fourth-order valence-electron chi connectivity index (χ4n) is 3.24. The summed E-state index contributed by atoms with van der Waals surface area (Å²) in [5.41, 5.74) is 0.113. The maximum Gasteiger partial charge on any atom is 0.434 e. The summed E-state index contributed by atoms with van der Waals surface area (Å²) in [5, 5.41) is 5.89. The number of alkyl halides is 3. The largest absolute Gasteiger partial charge is 0.434 e. The van der Waals surface area contributed by atoms with Crippen molar-refractivity contribution in [3.63, 3.8) is 0 Å². The molecule has 1 fully saturated rings. The van der Waals surface area contributed by atoms with Crippen LogP contribution in [0.4, 0.5) is 19.0 Å². The Bertz CT molecular complexity index is 918. The number of thiazole rings is 1. The van der Waals surface area contributed by atoms with Gasteiger partial charge in [0.2, 0.25) is 0 Å². The van der Waals surface area contributed by atoms with Crippen LogP contribution in [0.15, 0.2) is 17.8 Å². The lowest BCUT2D eigenvalue weighted by atomic mass is 9.98. The Morgan fingerprint density at radius 3 is 2.88 bits per heavy atom.